The molecule has 0 aliphatic carbocycles. The zero-order valence-corrected chi connectivity index (χ0v) is 15.1. The number of hydrogen-bond acceptors (Lipinski definition) is 1. The first kappa shape index (κ1) is 15.4. The van der Waals surface area contributed by atoms with E-state index >= 15 is 0 Å². The molecular weight excluding hydrogens is 346 g/mol. The van der Waals surface area contributed by atoms with Crippen LogP contribution in [0.1, 0.15) is 42.7 Å². The van der Waals surface area contributed by atoms with Gasteiger partial charge in [0.05, 0.1) is 0 Å². The van der Waals surface area contributed by atoms with Gasteiger partial charge in [-0.25, -0.2) is 0 Å². The molecule has 2 aromatic carbocycles. The highest BCUT2D eigenvalue weighted by molar-refractivity contribution is 9.10. The molecule has 2 bridgehead atoms. The third kappa shape index (κ3) is 3.39. The second-order valence-corrected chi connectivity index (χ2v) is 8.00. The third-order valence-electron chi connectivity index (χ3n) is 5.70. The molecule has 0 amide bonds. The number of piperidine rings is 1. The Balaban J connectivity index is 1.41. The van der Waals surface area contributed by atoms with Gasteiger partial charge in [0, 0.05) is 23.1 Å². The summed E-state index contributed by atoms with van der Waals surface area (Å²) >= 11 is 3.58. The fourth-order valence-electron chi connectivity index (χ4n) is 4.59. The SMILES string of the molecule is Brc1cccc(CCN2C3CCC2CC(c2ccccc2)C3)c1. The van der Waals surface area contributed by atoms with Crippen LogP contribution >= 0.6 is 15.9 Å². The molecule has 1 nitrogen and oxygen atoms in total. The van der Waals surface area contributed by atoms with E-state index in [0.29, 0.717) is 0 Å². The minimum Gasteiger partial charge on any atom is -0.297 e. The molecule has 0 radical (unpaired) electrons. The zero-order valence-electron chi connectivity index (χ0n) is 13.5. The molecule has 2 fully saturated rings. The van der Waals surface area contributed by atoms with E-state index in [1.807, 2.05) is 0 Å². The first-order valence-electron chi connectivity index (χ1n) is 8.85. The van der Waals surface area contributed by atoms with Gasteiger partial charge < -0.3 is 0 Å². The summed E-state index contributed by atoms with van der Waals surface area (Å²) in [7, 11) is 0. The van der Waals surface area contributed by atoms with Gasteiger partial charge in [0.1, 0.15) is 0 Å². The van der Waals surface area contributed by atoms with Gasteiger partial charge in [-0.1, -0.05) is 58.4 Å². The number of hydrogen-bond donors (Lipinski definition) is 0. The average molecular weight is 370 g/mol. The monoisotopic (exact) mass is 369 g/mol. The summed E-state index contributed by atoms with van der Waals surface area (Å²) in [5.74, 6) is 0.774. The molecule has 2 heteroatoms. The van der Waals surface area contributed by atoms with Gasteiger partial charge in [-0.15, -0.1) is 0 Å². The first-order valence-corrected chi connectivity index (χ1v) is 9.64. The second kappa shape index (κ2) is 6.78. The summed E-state index contributed by atoms with van der Waals surface area (Å²) in [4.78, 5) is 2.81. The molecule has 0 N–H and O–H groups in total. The van der Waals surface area contributed by atoms with Crippen molar-refractivity contribution in [2.45, 2.75) is 50.1 Å². The Bertz CT molecular complexity index is 640. The molecule has 23 heavy (non-hydrogen) atoms. The molecular formula is C21H24BrN. The normalized spacial score (nSPS) is 27.3. The predicted molar refractivity (Wildman–Crippen MR) is 99.8 cm³/mol. The lowest BCUT2D eigenvalue weighted by Gasteiger charge is -2.39. The Hall–Kier alpha value is -1.12. The Kier molecular flexibility index (Phi) is 4.54. The molecule has 120 valence electrons. The number of rotatable bonds is 4. The first-order chi connectivity index (χ1) is 11.3. The van der Waals surface area contributed by atoms with E-state index in [2.05, 4.69) is 75.4 Å². The lowest BCUT2D eigenvalue weighted by Crippen LogP contribution is -2.43. The van der Waals surface area contributed by atoms with Crippen LogP contribution < -0.4 is 0 Å². The lowest BCUT2D eigenvalue weighted by molar-refractivity contribution is 0.128. The molecule has 2 aromatic rings. The maximum Gasteiger partial charge on any atom is 0.0178 e. The van der Waals surface area contributed by atoms with Crippen LogP contribution in [0, 0.1) is 0 Å². The van der Waals surface area contributed by atoms with Crippen molar-refractivity contribution in [1.82, 2.24) is 4.90 Å². The molecule has 2 aliphatic heterocycles. The van der Waals surface area contributed by atoms with E-state index in [0.717, 1.165) is 18.0 Å². The molecule has 2 atom stereocenters. The van der Waals surface area contributed by atoms with Gasteiger partial charge in [0.15, 0.2) is 0 Å². The van der Waals surface area contributed by atoms with Crippen LogP contribution in [0.4, 0.5) is 0 Å². The van der Waals surface area contributed by atoms with Gasteiger partial charge >= 0.3 is 0 Å². The summed E-state index contributed by atoms with van der Waals surface area (Å²) in [6, 6.07) is 21.5. The molecule has 2 aliphatic rings. The number of halogens is 1. The second-order valence-electron chi connectivity index (χ2n) is 7.08. The third-order valence-corrected chi connectivity index (χ3v) is 6.20. The van der Waals surface area contributed by atoms with Crippen LogP contribution in [0.15, 0.2) is 59.1 Å². The standard InChI is InChI=1S/C21H24BrN/c22-19-8-4-5-16(13-19)11-12-23-20-9-10-21(23)15-18(14-20)17-6-2-1-3-7-17/h1-8,13,18,20-21H,9-12,14-15H2. The highest BCUT2D eigenvalue weighted by Crippen LogP contribution is 2.42. The van der Waals surface area contributed by atoms with Crippen molar-refractivity contribution < 1.29 is 0 Å². The Morgan fingerprint density at radius 1 is 0.913 bits per heavy atom. The fourth-order valence-corrected chi connectivity index (χ4v) is 5.03. The minimum atomic E-state index is 0.774. The molecule has 2 unspecified atom stereocenters. The molecule has 0 aromatic heterocycles. The molecule has 0 spiro atoms. The van der Waals surface area contributed by atoms with Crippen molar-refractivity contribution in [3.05, 3.63) is 70.2 Å². The van der Waals surface area contributed by atoms with Crippen molar-refractivity contribution in [3.8, 4) is 0 Å². The van der Waals surface area contributed by atoms with Gasteiger partial charge in [-0.05, 0) is 61.3 Å². The van der Waals surface area contributed by atoms with Crippen molar-refractivity contribution in [2.24, 2.45) is 0 Å². The van der Waals surface area contributed by atoms with Crippen LogP contribution in [-0.2, 0) is 6.42 Å². The number of fused-ring (bicyclic) bond motifs is 2. The van der Waals surface area contributed by atoms with Crippen molar-refractivity contribution >= 4 is 15.9 Å². The maximum absolute atomic E-state index is 3.58. The Morgan fingerprint density at radius 3 is 2.35 bits per heavy atom. The quantitative estimate of drug-likeness (QED) is 0.696. The Labute approximate surface area is 147 Å². The van der Waals surface area contributed by atoms with Gasteiger partial charge in [0.25, 0.3) is 0 Å². The Morgan fingerprint density at radius 2 is 1.65 bits per heavy atom. The highest BCUT2D eigenvalue weighted by Gasteiger charge is 2.40. The minimum absolute atomic E-state index is 0.774. The van der Waals surface area contributed by atoms with Gasteiger partial charge in [-0.3, -0.25) is 4.90 Å². The van der Waals surface area contributed by atoms with Crippen molar-refractivity contribution in [2.75, 3.05) is 6.54 Å². The summed E-state index contributed by atoms with van der Waals surface area (Å²) in [6.45, 7) is 1.22. The van der Waals surface area contributed by atoms with Crippen LogP contribution in [-0.4, -0.2) is 23.5 Å². The smallest absolute Gasteiger partial charge is 0.0178 e. The van der Waals surface area contributed by atoms with E-state index in [9.17, 15) is 0 Å². The van der Waals surface area contributed by atoms with E-state index in [4.69, 9.17) is 0 Å². The van der Waals surface area contributed by atoms with Crippen LogP contribution in [0.5, 0.6) is 0 Å². The fraction of sp³-hybridized carbons (Fsp3) is 0.429. The van der Waals surface area contributed by atoms with Crippen molar-refractivity contribution in [1.29, 1.82) is 0 Å². The molecule has 0 saturated carbocycles. The summed E-state index contributed by atoms with van der Waals surface area (Å²) in [6.07, 6.45) is 6.65. The molecule has 4 rings (SSSR count). The van der Waals surface area contributed by atoms with Crippen LogP contribution in [0.3, 0.4) is 0 Å². The molecule has 2 saturated heterocycles. The highest BCUT2D eigenvalue weighted by atomic mass is 79.9. The maximum atomic E-state index is 3.58. The summed E-state index contributed by atoms with van der Waals surface area (Å²) < 4.78 is 1.20. The lowest BCUT2D eigenvalue weighted by atomic mass is 9.85. The molecule has 2 heterocycles. The van der Waals surface area contributed by atoms with E-state index in [-0.39, 0.29) is 0 Å². The van der Waals surface area contributed by atoms with Crippen LogP contribution in [0.2, 0.25) is 0 Å². The summed E-state index contributed by atoms with van der Waals surface area (Å²) in [5, 5.41) is 0. The largest absolute Gasteiger partial charge is 0.297 e. The van der Waals surface area contributed by atoms with E-state index < -0.39 is 0 Å². The van der Waals surface area contributed by atoms with Gasteiger partial charge in [-0.2, -0.15) is 0 Å². The summed E-state index contributed by atoms with van der Waals surface area (Å²) in [5.41, 5.74) is 3.00. The van der Waals surface area contributed by atoms with Gasteiger partial charge in [0.2, 0.25) is 0 Å². The zero-order chi connectivity index (χ0) is 15.6. The number of benzene rings is 2. The average Bonchev–Trinajstić information content (AvgIpc) is 2.81. The van der Waals surface area contributed by atoms with E-state index in [1.165, 1.54) is 48.7 Å². The van der Waals surface area contributed by atoms with E-state index in [1.54, 1.807) is 5.56 Å². The topological polar surface area (TPSA) is 3.24 Å². The van der Waals surface area contributed by atoms with Crippen LogP contribution in [0.25, 0.3) is 0 Å². The predicted octanol–water partition coefficient (Wildman–Crippen LogP) is 5.40. The van der Waals surface area contributed by atoms with Crippen molar-refractivity contribution in [3.63, 3.8) is 0 Å². The number of nitrogens with zero attached hydrogens (tertiary/aromatic N) is 1.